The Morgan fingerprint density at radius 1 is 1.20 bits per heavy atom. The number of hydrogen-bond donors (Lipinski definition) is 1. The molecule has 0 atom stereocenters. The molecule has 3 heterocycles. The Hall–Kier alpha value is -1.80. The minimum atomic E-state index is 0.420. The number of thiazole rings is 1. The van der Waals surface area contributed by atoms with Crippen LogP contribution in [-0.2, 0) is 11.3 Å². The van der Waals surface area contributed by atoms with Gasteiger partial charge in [0, 0.05) is 25.7 Å². The molecular formula is C17H18ClN5OS. The van der Waals surface area contributed by atoms with Crippen LogP contribution in [0.1, 0.15) is 11.4 Å². The first-order valence-electron chi connectivity index (χ1n) is 8.13. The molecule has 1 saturated heterocycles. The summed E-state index contributed by atoms with van der Waals surface area (Å²) < 4.78 is 6.56. The minimum Gasteiger partial charge on any atom is -0.379 e. The van der Waals surface area contributed by atoms with E-state index in [1.807, 2.05) is 6.92 Å². The molecule has 1 fully saturated rings. The lowest BCUT2D eigenvalue weighted by Gasteiger charge is -2.26. The summed E-state index contributed by atoms with van der Waals surface area (Å²) in [4.78, 5) is 15.4. The molecule has 0 unspecified atom stereocenters. The third-order valence-corrected chi connectivity index (χ3v) is 5.13. The minimum absolute atomic E-state index is 0.420. The second-order valence-corrected chi connectivity index (χ2v) is 7.38. The van der Waals surface area contributed by atoms with Crippen LogP contribution in [0.25, 0.3) is 10.2 Å². The van der Waals surface area contributed by atoms with Crippen molar-refractivity contribution in [2.24, 2.45) is 0 Å². The van der Waals surface area contributed by atoms with Crippen molar-refractivity contribution in [1.29, 1.82) is 0 Å². The standard InChI is InChI=1S/C17H18ClN5OS/c1-11-19-15(18)9-16(20-11)22-17-21-13-3-2-12(8-14(13)25-17)10-23-4-6-24-7-5-23/h2-3,8-9H,4-7,10H2,1H3,(H,19,20,21,22). The van der Waals surface area contributed by atoms with Crippen molar-refractivity contribution >= 4 is 44.1 Å². The Balaban J connectivity index is 1.53. The number of morpholine rings is 1. The quantitative estimate of drug-likeness (QED) is 0.702. The van der Waals surface area contributed by atoms with E-state index in [0.29, 0.717) is 16.8 Å². The van der Waals surface area contributed by atoms with Gasteiger partial charge in [-0.1, -0.05) is 29.0 Å². The molecule has 2 aromatic heterocycles. The summed E-state index contributed by atoms with van der Waals surface area (Å²) in [7, 11) is 0. The van der Waals surface area contributed by atoms with E-state index in [-0.39, 0.29) is 0 Å². The van der Waals surface area contributed by atoms with Gasteiger partial charge in [-0.3, -0.25) is 4.90 Å². The number of aryl methyl sites for hydroxylation is 1. The summed E-state index contributed by atoms with van der Waals surface area (Å²) in [5.74, 6) is 1.29. The summed E-state index contributed by atoms with van der Waals surface area (Å²) in [6.45, 7) is 6.37. The highest BCUT2D eigenvalue weighted by Crippen LogP contribution is 2.29. The van der Waals surface area contributed by atoms with Gasteiger partial charge in [0.2, 0.25) is 0 Å². The van der Waals surface area contributed by atoms with E-state index in [2.05, 4.69) is 43.4 Å². The van der Waals surface area contributed by atoms with Crippen molar-refractivity contribution in [3.05, 3.63) is 40.8 Å². The number of benzene rings is 1. The van der Waals surface area contributed by atoms with Crippen LogP contribution in [0.3, 0.4) is 0 Å². The second-order valence-electron chi connectivity index (χ2n) is 5.96. The second kappa shape index (κ2) is 7.21. The summed E-state index contributed by atoms with van der Waals surface area (Å²) in [5, 5.41) is 4.44. The maximum atomic E-state index is 5.99. The molecule has 0 aliphatic carbocycles. The van der Waals surface area contributed by atoms with Crippen LogP contribution in [0, 0.1) is 6.92 Å². The van der Waals surface area contributed by atoms with Crippen molar-refractivity contribution < 1.29 is 4.74 Å². The number of nitrogens with one attached hydrogen (secondary N) is 1. The van der Waals surface area contributed by atoms with E-state index in [4.69, 9.17) is 16.3 Å². The Labute approximate surface area is 154 Å². The normalized spacial score (nSPS) is 15.6. The molecule has 8 heteroatoms. The molecule has 3 aromatic rings. The van der Waals surface area contributed by atoms with Gasteiger partial charge < -0.3 is 10.1 Å². The largest absolute Gasteiger partial charge is 0.379 e. The van der Waals surface area contributed by atoms with E-state index >= 15 is 0 Å². The fraction of sp³-hybridized carbons (Fsp3) is 0.353. The maximum absolute atomic E-state index is 5.99. The first-order valence-corrected chi connectivity index (χ1v) is 9.33. The number of nitrogens with zero attached hydrogens (tertiary/aromatic N) is 4. The summed E-state index contributed by atoms with van der Waals surface area (Å²) >= 11 is 7.60. The van der Waals surface area contributed by atoms with Crippen LogP contribution in [0.4, 0.5) is 10.9 Å². The van der Waals surface area contributed by atoms with Crippen molar-refractivity contribution in [3.8, 4) is 0 Å². The summed E-state index contributed by atoms with van der Waals surface area (Å²) in [6, 6.07) is 8.13. The number of anilines is 2. The van der Waals surface area contributed by atoms with Gasteiger partial charge in [-0.05, 0) is 24.6 Å². The number of rotatable bonds is 4. The molecule has 6 nitrogen and oxygen atoms in total. The average Bonchev–Trinajstić information content (AvgIpc) is 2.96. The summed E-state index contributed by atoms with van der Waals surface area (Å²) in [5.41, 5.74) is 2.28. The zero-order valence-corrected chi connectivity index (χ0v) is 15.4. The molecule has 0 bridgehead atoms. The first kappa shape index (κ1) is 16.7. The van der Waals surface area contributed by atoms with Crippen LogP contribution < -0.4 is 5.32 Å². The van der Waals surface area contributed by atoms with Gasteiger partial charge >= 0.3 is 0 Å². The van der Waals surface area contributed by atoms with E-state index in [0.717, 1.165) is 48.2 Å². The van der Waals surface area contributed by atoms with E-state index in [9.17, 15) is 0 Å². The van der Waals surface area contributed by atoms with Crippen LogP contribution in [0.15, 0.2) is 24.3 Å². The number of aromatic nitrogens is 3. The molecule has 0 spiro atoms. The molecule has 1 aliphatic heterocycles. The molecule has 0 radical (unpaired) electrons. The van der Waals surface area contributed by atoms with Crippen molar-refractivity contribution in [3.63, 3.8) is 0 Å². The third-order valence-electron chi connectivity index (χ3n) is 4.00. The van der Waals surface area contributed by atoms with E-state index in [1.165, 1.54) is 5.56 Å². The van der Waals surface area contributed by atoms with Gasteiger partial charge in [-0.2, -0.15) is 0 Å². The number of halogens is 1. The average molecular weight is 376 g/mol. The predicted octanol–water partition coefficient (Wildman–Crippen LogP) is 3.62. The lowest BCUT2D eigenvalue weighted by Crippen LogP contribution is -2.35. The number of ether oxygens (including phenoxy) is 1. The monoisotopic (exact) mass is 375 g/mol. The van der Waals surface area contributed by atoms with Gasteiger partial charge in [0.05, 0.1) is 23.4 Å². The Morgan fingerprint density at radius 2 is 2.04 bits per heavy atom. The molecule has 4 rings (SSSR count). The fourth-order valence-electron chi connectivity index (χ4n) is 2.84. The molecule has 1 aliphatic rings. The summed E-state index contributed by atoms with van der Waals surface area (Å²) in [6.07, 6.45) is 0. The molecule has 0 saturated carbocycles. The predicted molar refractivity (Wildman–Crippen MR) is 101 cm³/mol. The van der Waals surface area contributed by atoms with Crippen molar-refractivity contribution in [2.45, 2.75) is 13.5 Å². The molecule has 25 heavy (non-hydrogen) atoms. The van der Waals surface area contributed by atoms with E-state index in [1.54, 1.807) is 17.4 Å². The highest BCUT2D eigenvalue weighted by molar-refractivity contribution is 7.22. The fourth-order valence-corrected chi connectivity index (χ4v) is 4.01. The van der Waals surface area contributed by atoms with Gasteiger partial charge in [0.1, 0.15) is 16.8 Å². The highest BCUT2D eigenvalue weighted by atomic mass is 35.5. The van der Waals surface area contributed by atoms with Crippen LogP contribution in [0.2, 0.25) is 5.15 Å². The lowest BCUT2D eigenvalue weighted by atomic mass is 10.2. The van der Waals surface area contributed by atoms with Gasteiger partial charge in [0.25, 0.3) is 0 Å². The molecule has 130 valence electrons. The van der Waals surface area contributed by atoms with Crippen LogP contribution in [0.5, 0.6) is 0 Å². The van der Waals surface area contributed by atoms with Crippen molar-refractivity contribution in [2.75, 3.05) is 31.6 Å². The topological polar surface area (TPSA) is 63.2 Å². The molecule has 1 N–H and O–H groups in total. The first-order chi connectivity index (χ1) is 12.2. The Bertz CT molecular complexity index is 874. The zero-order valence-electron chi connectivity index (χ0n) is 13.8. The highest BCUT2D eigenvalue weighted by Gasteiger charge is 2.12. The van der Waals surface area contributed by atoms with Gasteiger partial charge in [-0.25, -0.2) is 15.0 Å². The van der Waals surface area contributed by atoms with Gasteiger partial charge in [0.15, 0.2) is 5.13 Å². The molecular weight excluding hydrogens is 358 g/mol. The Kier molecular flexibility index (Phi) is 4.80. The Morgan fingerprint density at radius 3 is 2.84 bits per heavy atom. The third kappa shape index (κ3) is 4.07. The van der Waals surface area contributed by atoms with Crippen LogP contribution >= 0.6 is 22.9 Å². The van der Waals surface area contributed by atoms with E-state index < -0.39 is 0 Å². The molecule has 1 aromatic carbocycles. The smallest absolute Gasteiger partial charge is 0.189 e. The number of fused-ring (bicyclic) bond motifs is 1. The number of hydrogen-bond acceptors (Lipinski definition) is 7. The van der Waals surface area contributed by atoms with Crippen LogP contribution in [-0.4, -0.2) is 46.2 Å². The lowest BCUT2D eigenvalue weighted by molar-refractivity contribution is 0.0342. The SMILES string of the molecule is Cc1nc(Cl)cc(Nc2nc3ccc(CN4CCOCC4)cc3s2)n1. The zero-order chi connectivity index (χ0) is 17.2. The van der Waals surface area contributed by atoms with Gasteiger partial charge in [-0.15, -0.1) is 0 Å². The maximum Gasteiger partial charge on any atom is 0.189 e. The molecule has 0 amide bonds. The van der Waals surface area contributed by atoms with Crippen molar-refractivity contribution in [1.82, 2.24) is 19.9 Å².